The molecule has 0 bridgehead atoms. The van der Waals surface area contributed by atoms with Crippen LogP contribution < -0.4 is 4.74 Å². The van der Waals surface area contributed by atoms with E-state index in [2.05, 4.69) is 52.2 Å². The topological polar surface area (TPSA) is 93.4 Å². The highest BCUT2D eigenvalue weighted by Crippen LogP contribution is 2.44. The Labute approximate surface area is 223 Å². The molecule has 1 N–H and O–H groups in total. The quantitative estimate of drug-likeness (QED) is 0.388. The lowest BCUT2D eigenvalue weighted by Gasteiger charge is -2.33. The number of aromatic nitrogens is 4. The molecule has 198 valence electrons. The van der Waals surface area contributed by atoms with Crippen LogP contribution in [-0.4, -0.2) is 48.6 Å². The third-order valence-electron chi connectivity index (χ3n) is 7.87. The molecule has 1 aliphatic rings. The summed E-state index contributed by atoms with van der Waals surface area (Å²) in [5.74, 6) is -0.373. The van der Waals surface area contributed by atoms with Crippen LogP contribution in [0, 0.1) is 19.3 Å². The molecule has 0 spiro atoms. The lowest BCUT2D eigenvalue weighted by atomic mass is 9.69. The summed E-state index contributed by atoms with van der Waals surface area (Å²) in [6.07, 6.45) is 3.62. The van der Waals surface area contributed by atoms with Crippen LogP contribution in [0.15, 0.2) is 48.8 Å². The molecule has 0 amide bonds. The Balaban J connectivity index is 1.56. The van der Waals surface area contributed by atoms with E-state index in [1.807, 2.05) is 32.2 Å². The van der Waals surface area contributed by atoms with Gasteiger partial charge in [0.1, 0.15) is 17.4 Å². The normalized spacial score (nSPS) is 17.1. The number of nitrogens with zero attached hydrogens (tertiary/aromatic N) is 5. The summed E-state index contributed by atoms with van der Waals surface area (Å²) >= 11 is 0. The zero-order valence-electron chi connectivity index (χ0n) is 22.9. The molecule has 0 fully saturated rings. The van der Waals surface area contributed by atoms with Crippen molar-refractivity contribution in [1.82, 2.24) is 24.9 Å². The summed E-state index contributed by atoms with van der Waals surface area (Å²) in [7, 11) is 1.86. The van der Waals surface area contributed by atoms with Crippen LogP contribution in [0.1, 0.15) is 60.1 Å². The first-order valence-electron chi connectivity index (χ1n) is 13.0. The van der Waals surface area contributed by atoms with Gasteiger partial charge in [0.15, 0.2) is 0 Å². The molecule has 2 aromatic heterocycles. The second kappa shape index (κ2) is 9.83. The third-order valence-corrected chi connectivity index (χ3v) is 7.87. The Hall–Kier alpha value is -3.78. The molecule has 0 aliphatic carbocycles. The van der Waals surface area contributed by atoms with Crippen molar-refractivity contribution in [3.05, 3.63) is 82.2 Å². The highest BCUT2D eigenvalue weighted by atomic mass is 16.5. The predicted octanol–water partition coefficient (Wildman–Crippen LogP) is 5.01. The highest BCUT2D eigenvalue weighted by Gasteiger charge is 2.40. The van der Waals surface area contributed by atoms with E-state index >= 15 is 0 Å². The average molecular weight is 514 g/mol. The number of carboxylic acid groups (broad SMARTS) is 1. The summed E-state index contributed by atoms with van der Waals surface area (Å²) in [6, 6.07) is 12.4. The fourth-order valence-corrected chi connectivity index (χ4v) is 5.64. The van der Waals surface area contributed by atoms with Crippen molar-refractivity contribution in [2.75, 3.05) is 6.54 Å². The zero-order valence-corrected chi connectivity index (χ0v) is 22.9. The fourth-order valence-electron chi connectivity index (χ4n) is 5.64. The maximum atomic E-state index is 12.6. The van der Waals surface area contributed by atoms with Gasteiger partial charge in [0.2, 0.25) is 0 Å². The highest BCUT2D eigenvalue weighted by molar-refractivity contribution is 5.81. The van der Waals surface area contributed by atoms with Gasteiger partial charge in [0.25, 0.3) is 0 Å². The number of benzene rings is 2. The van der Waals surface area contributed by atoms with Gasteiger partial charge in [0.05, 0.1) is 17.1 Å². The van der Waals surface area contributed by atoms with Crippen molar-refractivity contribution in [2.45, 2.75) is 59.7 Å². The standard InChI is InChI=1S/C30H35N5O3/c1-18-7-8-21(13-23(18)17-35-15-19(2)38-26-14-31-12-11-22(26)16-35)27(30(4,5)29(36)37)24-9-10-25-28(20(24)3)32-33-34(25)6/h7-14,19,27H,15-17H2,1-6H3,(H,36,37)/t19-,27+/m1/s1. The molecule has 3 heterocycles. The number of ether oxygens (including phenoxy) is 1. The molecule has 4 aromatic rings. The van der Waals surface area contributed by atoms with Crippen LogP contribution in [-0.2, 0) is 24.9 Å². The van der Waals surface area contributed by atoms with Gasteiger partial charge in [-0.05, 0) is 74.6 Å². The molecule has 1 aliphatic heterocycles. The molecule has 2 aromatic carbocycles. The van der Waals surface area contributed by atoms with E-state index in [0.717, 1.165) is 58.7 Å². The first-order valence-corrected chi connectivity index (χ1v) is 13.0. The van der Waals surface area contributed by atoms with Crippen molar-refractivity contribution < 1.29 is 14.6 Å². The number of carboxylic acids is 1. The maximum Gasteiger partial charge on any atom is 0.310 e. The van der Waals surface area contributed by atoms with Gasteiger partial charge in [-0.15, -0.1) is 5.10 Å². The molecule has 0 radical (unpaired) electrons. The van der Waals surface area contributed by atoms with Crippen LogP contribution in [0.3, 0.4) is 0 Å². The van der Waals surface area contributed by atoms with E-state index in [1.165, 1.54) is 11.1 Å². The summed E-state index contributed by atoms with van der Waals surface area (Å²) in [5, 5.41) is 18.9. The van der Waals surface area contributed by atoms with Crippen LogP contribution in [0.25, 0.3) is 11.0 Å². The molecular formula is C30H35N5O3. The number of aliphatic carboxylic acids is 1. The van der Waals surface area contributed by atoms with Gasteiger partial charge >= 0.3 is 5.97 Å². The van der Waals surface area contributed by atoms with Gasteiger partial charge in [-0.3, -0.25) is 14.7 Å². The number of hydrogen-bond donors (Lipinski definition) is 1. The molecule has 2 atom stereocenters. The van der Waals surface area contributed by atoms with Crippen LogP contribution in [0.2, 0.25) is 0 Å². The molecule has 0 saturated carbocycles. The molecule has 38 heavy (non-hydrogen) atoms. The van der Waals surface area contributed by atoms with Crippen LogP contribution in [0.4, 0.5) is 0 Å². The average Bonchev–Trinajstić information content (AvgIpc) is 3.16. The maximum absolute atomic E-state index is 12.6. The smallest absolute Gasteiger partial charge is 0.310 e. The first-order chi connectivity index (χ1) is 18.1. The molecule has 5 rings (SSSR count). The lowest BCUT2D eigenvalue weighted by Crippen LogP contribution is -2.33. The minimum absolute atomic E-state index is 0.0315. The Morgan fingerprint density at radius 2 is 2.00 bits per heavy atom. The zero-order chi connectivity index (χ0) is 27.2. The summed E-state index contributed by atoms with van der Waals surface area (Å²) in [6.45, 7) is 12.1. The second-order valence-corrected chi connectivity index (χ2v) is 11.1. The molecule has 0 unspecified atom stereocenters. The minimum atomic E-state index is -1.05. The number of rotatable bonds is 6. The lowest BCUT2D eigenvalue weighted by molar-refractivity contribution is -0.147. The van der Waals surface area contributed by atoms with Gasteiger partial charge < -0.3 is 9.84 Å². The number of fused-ring (bicyclic) bond motifs is 2. The Morgan fingerprint density at radius 3 is 2.76 bits per heavy atom. The number of hydrogen-bond acceptors (Lipinski definition) is 6. The van der Waals surface area contributed by atoms with E-state index in [0.29, 0.717) is 0 Å². The first kappa shape index (κ1) is 25.9. The minimum Gasteiger partial charge on any atom is -0.487 e. The van der Waals surface area contributed by atoms with Gasteiger partial charge in [-0.25, -0.2) is 4.68 Å². The van der Waals surface area contributed by atoms with E-state index < -0.39 is 11.4 Å². The Morgan fingerprint density at radius 1 is 1.21 bits per heavy atom. The van der Waals surface area contributed by atoms with Crippen molar-refractivity contribution >= 4 is 17.0 Å². The van der Waals surface area contributed by atoms with Gasteiger partial charge in [-0.1, -0.05) is 29.5 Å². The molecule has 0 saturated heterocycles. The van der Waals surface area contributed by atoms with Crippen LogP contribution >= 0.6 is 0 Å². The number of carbonyl (C=O) groups is 1. The van der Waals surface area contributed by atoms with Crippen molar-refractivity contribution in [2.24, 2.45) is 12.5 Å². The summed E-state index contributed by atoms with van der Waals surface area (Å²) < 4.78 is 7.86. The molecule has 8 heteroatoms. The molecular weight excluding hydrogens is 478 g/mol. The third kappa shape index (κ3) is 4.65. The predicted molar refractivity (Wildman–Crippen MR) is 146 cm³/mol. The van der Waals surface area contributed by atoms with Crippen molar-refractivity contribution in [1.29, 1.82) is 0 Å². The molecule has 8 nitrogen and oxygen atoms in total. The summed E-state index contributed by atoms with van der Waals surface area (Å²) in [5.41, 5.74) is 7.05. The fraction of sp³-hybridized carbons (Fsp3) is 0.400. The monoisotopic (exact) mass is 513 g/mol. The van der Waals surface area contributed by atoms with Gasteiger partial charge in [-0.2, -0.15) is 0 Å². The van der Waals surface area contributed by atoms with Crippen molar-refractivity contribution in [3.8, 4) is 5.75 Å². The van der Waals surface area contributed by atoms with E-state index in [-0.39, 0.29) is 12.0 Å². The van der Waals surface area contributed by atoms with Gasteiger partial charge in [0, 0.05) is 44.4 Å². The Kier molecular flexibility index (Phi) is 6.69. The number of aryl methyl sites for hydroxylation is 3. The van der Waals surface area contributed by atoms with E-state index in [4.69, 9.17) is 4.74 Å². The van der Waals surface area contributed by atoms with E-state index in [1.54, 1.807) is 30.9 Å². The summed E-state index contributed by atoms with van der Waals surface area (Å²) in [4.78, 5) is 19.2. The number of pyridine rings is 1. The Bertz CT molecular complexity index is 1510. The second-order valence-electron chi connectivity index (χ2n) is 11.1. The van der Waals surface area contributed by atoms with Crippen LogP contribution in [0.5, 0.6) is 5.75 Å². The SMILES string of the molecule is Cc1ccc([C@@H](c2ccc3c(nnn3C)c2C)C(C)(C)C(=O)O)cc1CN1Cc2ccncc2O[C@H](C)C1. The largest absolute Gasteiger partial charge is 0.487 e. The van der Waals surface area contributed by atoms with E-state index in [9.17, 15) is 9.90 Å². The van der Waals surface area contributed by atoms with Crippen molar-refractivity contribution in [3.63, 3.8) is 0 Å².